The molecule has 0 aromatic heterocycles. The Hall–Kier alpha value is -1.06. The van der Waals surface area contributed by atoms with E-state index in [1.54, 1.807) is 0 Å². The molecular weight excluding hydrogens is 264 g/mol. The van der Waals surface area contributed by atoms with Crippen molar-refractivity contribution in [1.82, 2.24) is 10.2 Å². The number of likely N-dealkylation sites (tertiary alicyclic amines) is 1. The molecule has 2 aliphatic rings. The molecule has 2 amide bonds. The van der Waals surface area contributed by atoms with E-state index in [2.05, 4.69) is 12.2 Å². The summed E-state index contributed by atoms with van der Waals surface area (Å²) in [6, 6.07) is 0.352. The maximum atomic E-state index is 12.4. The van der Waals surface area contributed by atoms with Gasteiger partial charge in [0.05, 0.1) is 5.92 Å². The number of nitrogens with one attached hydrogen (secondary N) is 1. The van der Waals surface area contributed by atoms with Crippen LogP contribution in [0.2, 0.25) is 0 Å². The van der Waals surface area contributed by atoms with E-state index in [4.69, 9.17) is 0 Å². The minimum Gasteiger partial charge on any atom is -0.353 e. The monoisotopic (exact) mass is 294 g/mol. The Bertz CT molecular complexity index is 373. The van der Waals surface area contributed by atoms with Crippen LogP contribution in [0.4, 0.5) is 0 Å². The lowest BCUT2D eigenvalue weighted by atomic mass is 9.87. The second-order valence-corrected chi connectivity index (χ2v) is 7.24. The maximum Gasteiger partial charge on any atom is 0.225 e. The number of amides is 2. The zero-order chi connectivity index (χ0) is 15.4. The fraction of sp³-hybridized carbons (Fsp3) is 0.882. The lowest BCUT2D eigenvalue weighted by Crippen LogP contribution is -2.48. The number of carbonyl (C=O) groups excluding carboxylic acids is 2. The van der Waals surface area contributed by atoms with E-state index in [0.29, 0.717) is 12.6 Å². The summed E-state index contributed by atoms with van der Waals surface area (Å²) in [5.74, 6) is 1.15. The molecule has 4 heteroatoms. The van der Waals surface area contributed by atoms with Gasteiger partial charge in [-0.05, 0) is 44.4 Å². The van der Waals surface area contributed by atoms with Gasteiger partial charge in [-0.1, -0.05) is 20.8 Å². The molecule has 1 saturated carbocycles. The summed E-state index contributed by atoms with van der Waals surface area (Å²) < 4.78 is 0. The summed E-state index contributed by atoms with van der Waals surface area (Å²) in [7, 11) is 0. The van der Waals surface area contributed by atoms with Crippen molar-refractivity contribution in [3.63, 3.8) is 0 Å². The highest BCUT2D eigenvalue weighted by atomic mass is 16.2. The maximum absolute atomic E-state index is 12.4. The van der Waals surface area contributed by atoms with E-state index in [9.17, 15) is 9.59 Å². The van der Waals surface area contributed by atoms with Crippen LogP contribution in [0, 0.1) is 17.8 Å². The molecule has 2 fully saturated rings. The van der Waals surface area contributed by atoms with Crippen molar-refractivity contribution in [3.05, 3.63) is 0 Å². The van der Waals surface area contributed by atoms with E-state index in [-0.39, 0.29) is 23.7 Å². The van der Waals surface area contributed by atoms with E-state index >= 15 is 0 Å². The van der Waals surface area contributed by atoms with E-state index < -0.39 is 0 Å². The highest BCUT2D eigenvalue weighted by Gasteiger charge is 2.30. The summed E-state index contributed by atoms with van der Waals surface area (Å²) in [5.41, 5.74) is 0. The first-order valence-corrected chi connectivity index (χ1v) is 8.56. The minimum absolute atomic E-state index is 0.0131. The van der Waals surface area contributed by atoms with Gasteiger partial charge in [-0.25, -0.2) is 0 Å². The predicted octanol–water partition coefficient (Wildman–Crippen LogP) is 2.58. The summed E-state index contributed by atoms with van der Waals surface area (Å²) in [4.78, 5) is 26.4. The van der Waals surface area contributed by atoms with Gasteiger partial charge in [-0.15, -0.1) is 0 Å². The molecule has 1 aliphatic carbocycles. The first-order chi connectivity index (χ1) is 9.97. The molecule has 4 nitrogen and oxygen atoms in total. The quantitative estimate of drug-likeness (QED) is 0.869. The molecule has 1 saturated heterocycles. The molecule has 1 atom stereocenters. The fourth-order valence-corrected chi connectivity index (χ4v) is 3.48. The third kappa shape index (κ3) is 4.45. The SMILES string of the molecule is CC1CCC(NC(=O)C2CCCN(C(=O)C(C)C)C2)CC1. The van der Waals surface area contributed by atoms with Crippen LogP contribution in [0.25, 0.3) is 0 Å². The third-order valence-electron chi connectivity index (χ3n) is 4.96. The fourth-order valence-electron chi connectivity index (χ4n) is 3.48. The van der Waals surface area contributed by atoms with Crippen molar-refractivity contribution in [1.29, 1.82) is 0 Å². The van der Waals surface area contributed by atoms with E-state index in [0.717, 1.165) is 38.1 Å². The molecular formula is C17H30N2O2. The number of carbonyl (C=O) groups is 2. The molecule has 0 aromatic rings. The molecule has 0 spiro atoms. The normalized spacial score (nSPS) is 30.3. The van der Waals surface area contributed by atoms with Gasteiger partial charge in [0.15, 0.2) is 0 Å². The second kappa shape index (κ2) is 7.28. The van der Waals surface area contributed by atoms with Crippen LogP contribution in [-0.2, 0) is 9.59 Å². The third-order valence-corrected chi connectivity index (χ3v) is 4.96. The Morgan fingerprint density at radius 2 is 1.76 bits per heavy atom. The average molecular weight is 294 g/mol. The number of hydrogen-bond acceptors (Lipinski definition) is 2. The van der Waals surface area contributed by atoms with Gasteiger partial charge in [0.1, 0.15) is 0 Å². The Morgan fingerprint density at radius 3 is 2.38 bits per heavy atom. The number of nitrogens with zero attached hydrogens (tertiary/aromatic N) is 1. The van der Waals surface area contributed by atoms with Crippen LogP contribution in [0.1, 0.15) is 59.3 Å². The van der Waals surface area contributed by atoms with Gasteiger partial charge >= 0.3 is 0 Å². The molecule has 1 aliphatic heterocycles. The zero-order valence-electron chi connectivity index (χ0n) is 13.7. The van der Waals surface area contributed by atoms with Crippen LogP contribution < -0.4 is 5.32 Å². The van der Waals surface area contributed by atoms with Gasteiger partial charge in [-0.2, -0.15) is 0 Å². The Kier molecular flexibility index (Phi) is 5.65. The van der Waals surface area contributed by atoms with Crippen molar-refractivity contribution < 1.29 is 9.59 Å². The number of piperidine rings is 1. The average Bonchev–Trinajstić information content (AvgIpc) is 2.48. The first-order valence-electron chi connectivity index (χ1n) is 8.56. The van der Waals surface area contributed by atoms with E-state index in [1.807, 2.05) is 18.7 Å². The Balaban J connectivity index is 1.83. The molecule has 0 aromatic carbocycles. The van der Waals surface area contributed by atoms with Crippen molar-refractivity contribution >= 4 is 11.8 Å². The predicted molar refractivity (Wildman–Crippen MR) is 83.7 cm³/mol. The lowest BCUT2D eigenvalue weighted by molar-refractivity contribution is -0.138. The van der Waals surface area contributed by atoms with Crippen molar-refractivity contribution in [3.8, 4) is 0 Å². The number of rotatable bonds is 3. The molecule has 1 heterocycles. The van der Waals surface area contributed by atoms with Crippen molar-refractivity contribution in [2.75, 3.05) is 13.1 Å². The van der Waals surface area contributed by atoms with E-state index in [1.165, 1.54) is 12.8 Å². The zero-order valence-corrected chi connectivity index (χ0v) is 13.7. The van der Waals surface area contributed by atoms with Crippen LogP contribution in [0.15, 0.2) is 0 Å². The molecule has 0 radical (unpaired) electrons. The standard InChI is InChI=1S/C17H30N2O2/c1-12(2)17(21)19-10-4-5-14(11-19)16(20)18-15-8-6-13(3)7-9-15/h12-15H,4-11H2,1-3H3,(H,18,20). The molecule has 1 unspecified atom stereocenters. The number of hydrogen-bond donors (Lipinski definition) is 1. The Labute approximate surface area is 128 Å². The minimum atomic E-state index is -0.0131. The topological polar surface area (TPSA) is 49.4 Å². The molecule has 0 bridgehead atoms. The van der Waals surface area contributed by atoms with Crippen molar-refractivity contribution in [2.45, 2.75) is 65.3 Å². The lowest BCUT2D eigenvalue weighted by Gasteiger charge is -2.34. The van der Waals surface area contributed by atoms with Gasteiger partial charge in [0.25, 0.3) is 0 Å². The van der Waals surface area contributed by atoms with Crippen LogP contribution in [0.3, 0.4) is 0 Å². The van der Waals surface area contributed by atoms with Gasteiger partial charge in [-0.3, -0.25) is 9.59 Å². The van der Waals surface area contributed by atoms with Crippen molar-refractivity contribution in [2.24, 2.45) is 17.8 Å². The molecule has 1 N–H and O–H groups in total. The van der Waals surface area contributed by atoms with Gasteiger partial charge in [0.2, 0.25) is 11.8 Å². The highest BCUT2D eigenvalue weighted by Crippen LogP contribution is 2.24. The first kappa shape index (κ1) is 16.3. The molecule has 2 rings (SSSR count). The second-order valence-electron chi connectivity index (χ2n) is 7.24. The summed E-state index contributed by atoms with van der Waals surface area (Å²) >= 11 is 0. The van der Waals surface area contributed by atoms with Gasteiger partial charge < -0.3 is 10.2 Å². The smallest absolute Gasteiger partial charge is 0.225 e. The summed E-state index contributed by atoms with van der Waals surface area (Å²) in [6.45, 7) is 7.55. The Morgan fingerprint density at radius 1 is 1.10 bits per heavy atom. The molecule has 120 valence electrons. The van der Waals surface area contributed by atoms with Crippen LogP contribution in [0.5, 0.6) is 0 Å². The highest BCUT2D eigenvalue weighted by molar-refractivity contribution is 5.82. The van der Waals surface area contributed by atoms with Crippen LogP contribution >= 0.6 is 0 Å². The molecule has 21 heavy (non-hydrogen) atoms. The summed E-state index contributed by atoms with van der Waals surface area (Å²) in [6.07, 6.45) is 6.50. The largest absolute Gasteiger partial charge is 0.353 e. The van der Waals surface area contributed by atoms with Gasteiger partial charge in [0, 0.05) is 25.0 Å². The summed E-state index contributed by atoms with van der Waals surface area (Å²) in [5, 5.41) is 3.22. The van der Waals surface area contributed by atoms with Crippen LogP contribution in [-0.4, -0.2) is 35.8 Å².